The van der Waals surface area contributed by atoms with Crippen LogP contribution in [0.4, 0.5) is 10.9 Å². The summed E-state index contributed by atoms with van der Waals surface area (Å²) in [7, 11) is 0. The number of hydrogen-bond acceptors (Lipinski definition) is 7. The first-order chi connectivity index (χ1) is 11.7. The van der Waals surface area contributed by atoms with E-state index < -0.39 is 0 Å². The summed E-state index contributed by atoms with van der Waals surface area (Å²) in [6.07, 6.45) is 1.86. The highest BCUT2D eigenvalue weighted by Gasteiger charge is 2.16. The van der Waals surface area contributed by atoms with Crippen molar-refractivity contribution in [2.75, 3.05) is 43.9 Å². The van der Waals surface area contributed by atoms with E-state index in [1.165, 1.54) is 16.9 Å². The average molecular weight is 344 g/mol. The maximum absolute atomic E-state index is 5.61. The van der Waals surface area contributed by atoms with Gasteiger partial charge >= 0.3 is 0 Å². The van der Waals surface area contributed by atoms with Crippen molar-refractivity contribution in [3.05, 3.63) is 40.8 Å². The standard InChI is InChI=1S/C17H24N6S/c1-2-22-7-9-23(10-8-22)12-15-6-4-3-5-14(15)11-19-21-17-20-16(18)13-24-17/h3-6,11,13H,2,7-10,12,18H2,1H3,(H,20,21). The molecule has 0 bridgehead atoms. The highest BCUT2D eigenvalue weighted by molar-refractivity contribution is 7.14. The molecular formula is C17H24N6S. The number of hydrazone groups is 1. The average Bonchev–Trinajstić information content (AvgIpc) is 3.02. The third kappa shape index (κ3) is 4.53. The summed E-state index contributed by atoms with van der Waals surface area (Å²) in [6, 6.07) is 8.40. The van der Waals surface area contributed by atoms with Crippen LogP contribution >= 0.6 is 11.3 Å². The van der Waals surface area contributed by atoms with Gasteiger partial charge in [-0.2, -0.15) is 5.10 Å². The number of nitrogens with two attached hydrogens (primary N) is 1. The van der Waals surface area contributed by atoms with Gasteiger partial charge in [-0.15, -0.1) is 11.3 Å². The van der Waals surface area contributed by atoms with Crippen molar-refractivity contribution in [1.82, 2.24) is 14.8 Å². The number of likely N-dealkylation sites (N-methyl/N-ethyl adjacent to an activating group) is 1. The zero-order valence-electron chi connectivity index (χ0n) is 14.0. The van der Waals surface area contributed by atoms with Gasteiger partial charge in [0.2, 0.25) is 5.13 Å². The molecule has 24 heavy (non-hydrogen) atoms. The van der Waals surface area contributed by atoms with Crippen LogP contribution in [0.1, 0.15) is 18.1 Å². The Bertz CT molecular complexity index is 675. The van der Waals surface area contributed by atoms with Crippen molar-refractivity contribution in [2.24, 2.45) is 5.10 Å². The van der Waals surface area contributed by atoms with E-state index in [1.54, 1.807) is 5.38 Å². The summed E-state index contributed by atoms with van der Waals surface area (Å²) >= 11 is 1.45. The van der Waals surface area contributed by atoms with Crippen LogP contribution in [-0.4, -0.2) is 53.7 Å². The summed E-state index contributed by atoms with van der Waals surface area (Å²) in [5.41, 5.74) is 11.0. The molecule has 0 unspecified atom stereocenters. The van der Waals surface area contributed by atoms with Crippen molar-refractivity contribution in [3.63, 3.8) is 0 Å². The first-order valence-corrected chi connectivity index (χ1v) is 9.15. The Morgan fingerprint density at radius 3 is 2.71 bits per heavy atom. The molecule has 1 aliphatic rings. The zero-order valence-corrected chi connectivity index (χ0v) is 14.8. The van der Waals surface area contributed by atoms with Crippen molar-refractivity contribution >= 4 is 28.5 Å². The molecule has 0 aliphatic carbocycles. The van der Waals surface area contributed by atoms with Gasteiger partial charge in [-0.05, 0) is 17.7 Å². The first kappa shape index (κ1) is 16.9. The molecule has 0 radical (unpaired) electrons. The van der Waals surface area contributed by atoms with E-state index in [9.17, 15) is 0 Å². The number of nitrogens with one attached hydrogen (secondary N) is 1. The van der Waals surface area contributed by atoms with Gasteiger partial charge in [-0.1, -0.05) is 31.2 Å². The van der Waals surface area contributed by atoms with Crippen LogP contribution < -0.4 is 11.2 Å². The lowest BCUT2D eigenvalue weighted by Gasteiger charge is -2.34. The van der Waals surface area contributed by atoms with E-state index in [-0.39, 0.29) is 0 Å². The molecular weight excluding hydrogens is 320 g/mol. The van der Waals surface area contributed by atoms with E-state index in [4.69, 9.17) is 5.73 Å². The summed E-state index contributed by atoms with van der Waals surface area (Å²) in [6.45, 7) is 8.88. The highest BCUT2D eigenvalue weighted by Crippen LogP contribution is 2.16. The molecule has 0 spiro atoms. The monoisotopic (exact) mass is 344 g/mol. The summed E-state index contributed by atoms with van der Waals surface area (Å²) in [5, 5.41) is 6.79. The topological polar surface area (TPSA) is 69.8 Å². The molecule has 7 heteroatoms. The van der Waals surface area contributed by atoms with Crippen LogP contribution in [0.3, 0.4) is 0 Å². The second kappa shape index (κ2) is 8.23. The molecule has 2 aromatic rings. The van der Waals surface area contributed by atoms with Crippen LogP contribution in [0.2, 0.25) is 0 Å². The fraction of sp³-hybridized carbons (Fsp3) is 0.412. The Labute approximate surface area is 147 Å². The van der Waals surface area contributed by atoms with Gasteiger partial charge in [0, 0.05) is 38.1 Å². The minimum atomic E-state index is 0.518. The Morgan fingerprint density at radius 2 is 2.00 bits per heavy atom. The Balaban J connectivity index is 1.60. The fourth-order valence-corrected chi connectivity index (χ4v) is 3.35. The van der Waals surface area contributed by atoms with E-state index in [0.717, 1.165) is 44.8 Å². The van der Waals surface area contributed by atoms with E-state index in [0.29, 0.717) is 10.9 Å². The van der Waals surface area contributed by atoms with Gasteiger partial charge in [0.15, 0.2) is 0 Å². The molecule has 1 aromatic heterocycles. The molecule has 128 valence electrons. The number of nitrogen functional groups attached to an aromatic ring is 1. The second-order valence-corrected chi connectivity index (χ2v) is 6.71. The Morgan fingerprint density at radius 1 is 1.25 bits per heavy atom. The minimum absolute atomic E-state index is 0.518. The predicted molar refractivity (Wildman–Crippen MR) is 102 cm³/mol. The normalized spacial score (nSPS) is 16.7. The van der Waals surface area contributed by atoms with Gasteiger partial charge in [0.1, 0.15) is 5.82 Å². The minimum Gasteiger partial charge on any atom is -0.383 e. The van der Waals surface area contributed by atoms with Crippen molar-refractivity contribution in [2.45, 2.75) is 13.5 Å². The zero-order chi connectivity index (χ0) is 16.8. The first-order valence-electron chi connectivity index (χ1n) is 8.27. The Kier molecular flexibility index (Phi) is 5.79. The van der Waals surface area contributed by atoms with Gasteiger partial charge in [0.25, 0.3) is 0 Å². The number of nitrogens with zero attached hydrogens (tertiary/aromatic N) is 4. The van der Waals surface area contributed by atoms with Gasteiger partial charge in [-0.3, -0.25) is 10.3 Å². The molecule has 3 N–H and O–H groups in total. The lowest BCUT2D eigenvalue weighted by atomic mass is 10.1. The third-order valence-electron chi connectivity index (χ3n) is 4.25. The number of thiazole rings is 1. The van der Waals surface area contributed by atoms with Crippen molar-refractivity contribution < 1.29 is 0 Å². The lowest BCUT2D eigenvalue weighted by Crippen LogP contribution is -2.45. The molecule has 0 saturated carbocycles. The molecule has 3 rings (SSSR count). The molecule has 1 fully saturated rings. The van der Waals surface area contributed by atoms with Crippen LogP contribution in [0.5, 0.6) is 0 Å². The third-order valence-corrected chi connectivity index (χ3v) is 5.01. The number of anilines is 2. The molecule has 2 heterocycles. The van der Waals surface area contributed by atoms with Crippen molar-refractivity contribution in [1.29, 1.82) is 0 Å². The smallest absolute Gasteiger partial charge is 0.205 e. The quantitative estimate of drug-likeness (QED) is 0.622. The van der Waals surface area contributed by atoms with Crippen molar-refractivity contribution in [3.8, 4) is 0 Å². The van der Waals surface area contributed by atoms with E-state index >= 15 is 0 Å². The van der Waals surface area contributed by atoms with Crippen LogP contribution in [-0.2, 0) is 6.54 Å². The molecule has 1 aliphatic heterocycles. The summed E-state index contributed by atoms with van der Waals surface area (Å²) in [5.74, 6) is 0.518. The fourth-order valence-electron chi connectivity index (χ4n) is 2.80. The van der Waals surface area contributed by atoms with Crippen LogP contribution in [0.25, 0.3) is 0 Å². The van der Waals surface area contributed by atoms with Gasteiger partial charge in [-0.25, -0.2) is 4.98 Å². The van der Waals surface area contributed by atoms with Crippen LogP contribution in [0, 0.1) is 0 Å². The number of rotatable bonds is 6. The SMILES string of the molecule is CCN1CCN(Cc2ccccc2C=NNc2nc(N)cs2)CC1. The molecule has 1 aromatic carbocycles. The van der Waals surface area contributed by atoms with Gasteiger partial charge in [0.05, 0.1) is 6.21 Å². The Hall–Kier alpha value is -1.96. The maximum Gasteiger partial charge on any atom is 0.205 e. The second-order valence-electron chi connectivity index (χ2n) is 5.86. The molecule has 6 nitrogen and oxygen atoms in total. The highest BCUT2D eigenvalue weighted by atomic mass is 32.1. The number of hydrogen-bond donors (Lipinski definition) is 2. The number of aromatic nitrogens is 1. The molecule has 1 saturated heterocycles. The number of piperazine rings is 1. The summed E-state index contributed by atoms with van der Waals surface area (Å²) < 4.78 is 0. The van der Waals surface area contributed by atoms with E-state index in [1.807, 2.05) is 12.3 Å². The molecule has 0 amide bonds. The van der Waals surface area contributed by atoms with Gasteiger partial charge < -0.3 is 10.6 Å². The maximum atomic E-state index is 5.61. The van der Waals surface area contributed by atoms with E-state index in [2.05, 4.69) is 50.4 Å². The predicted octanol–water partition coefficient (Wildman–Crippen LogP) is 2.31. The van der Waals surface area contributed by atoms with Crippen LogP contribution in [0.15, 0.2) is 34.7 Å². The molecule has 0 atom stereocenters. The largest absolute Gasteiger partial charge is 0.383 e. The lowest BCUT2D eigenvalue weighted by molar-refractivity contribution is 0.132. The summed E-state index contributed by atoms with van der Waals surface area (Å²) in [4.78, 5) is 9.13. The number of benzene rings is 1.